The molecule has 4 aromatic rings. The van der Waals surface area contributed by atoms with Crippen LogP contribution in [0, 0.1) is 0 Å². The van der Waals surface area contributed by atoms with E-state index >= 15 is 0 Å². The van der Waals surface area contributed by atoms with E-state index in [9.17, 15) is 9.59 Å². The molecule has 258 valence electrons. The van der Waals surface area contributed by atoms with E-state index in [1.54, 1.807) is 7.11 Å². The number of carbonyl (C=O) groups excluding carboxylic acids is 2. The molecule has 7 rings (SSSR count). The first kappa shape index (κ1) is 34.1. The van der Waals surface area contributed by atoms with Crippen LogP contribution in [0.15, 0.2) is 79.2 Å². The Bertz CT molecular complexity index is 1990. The molecule has 0 saturated carbocycles. The molecule has 2 unspecified atom stereocenters. The lowest BCUT2D eigenvalue weighted by atomic mass is 9.70. The Hall–Kier alpha value is -4.35. The molecule has 2 aliphatic heterocycles. The maximum atomic E-state index is 11.6. The van der Waals surface area contributed by atoms with E-state index in [4.69, 9.17) is 42.9 Å². The van der Waals surface area contributed by atoms with E-state index < -0.39 is 10.8 Å². The Morgan fingerprint density at radius 3 is 2.36 bits per heavy atom. The third-order valence-electron chi connectivity index (χ3n) is 9.69. The summed E-state index contributed by atoms with van der Waals surface area (Å²) in [7, 11) is 1.61. The Balaban J connectivity index is 1.21. The minimum absolute atomic E-state index is 0.0917. The van der Waals surface area contributed by atoms with Crippen LogP contribution in [-0.4, -0.2) is 64.4 Å². The highest BCUT2D eigenvalue weighted by atomic mass is 35.5. The molecule has 10 nitrogen and oxygen atoms in total. The molecule has 0 spiro atoms. The number of methoxy groups -OCH3 is 1. The van der Waals surface area contributed by atoms with Crippen LogP contribution in [-0.2, 0) is 28.1 Å². The van der Waals surface area contributed by atoms with Crippen LogP contribution in [0.2, 0.25) is 5.02 Å². The molecule has 3 aliphatic rings. The fourth-order valence-corrected chi connectivity index (χ4v) is 7.77. The van der Waals surface area contributed by atoms with Gasteiger partial charge in [-0.1, -0.05) is 54.1 Å². The highest BCUT2D eigenvalue weighted by Gasteiger charge is 2.46. The molecule has 4 atom stereocenters. The Labute approximate surface area is 301 Å². The molecular formula is C38H39Cl2N7O3. The van der Waals surface area contributed by atoms with Crippen LogP contribution in [0.4, 0.5) is 0 Å². The Morgan fingerprint density at radius 2 is 1.66 bits per heavy atom. The van der Waals surface area contributed by atoms with E-state index in [1.165, 1.54) is 0 Å². The van der Waals surface area contributed by atoms with Gasteiger partial charge in [0.1, 0.15) is 0 Å². The number of halogens is 2. The summed E-state index contributed by atoms with van der Waals surface area (Å²) >= 11 is 14.3. The minimum Gasteiger partial charge on any atom is -0.481 e. The fraction of sp³-hybridized carbons (Fsp3) is 0.342. The van der Waals surface area contributed by atoms with Gasteiger partial charge >= 0.3 is 0 Å². The molecule has 1 aromatic carbocycles. The average molecular weight is 713 g/mol. The van der Waals surface area contributed by atoms with Crippen molar-refractivity contribution in [2.45, 2.75) is 61.6 Å². The zero-order valence-electron chi connectivity index (χ0n) is 27.7. The summed E-state index contributed by atoms with van der Waals surface area (Å²) < 4.78 is 5.83. The van der Waals surface area contributed by atoms with Gasteiger partial charge in [0.05, 0.1) is 34.8 Å². The van der Waals surface area contributed by atoms with Gasteiger partial charge in [-0.25, -0.2) is 4.98 Å². The monoisotopic (exact) mass is 711 g/mol. The fourth-order valence-electron chi connectivity index (χ4n) is 7.04. The zero-order valence-corrected chi connectivity index (χ0v) is 29.2. The second-order valence-electron chi connectivity index (χ2n) is 13.0. The molecule has 2 saturated heterocycles. The lowest BCUT2D eigenvalue weighted by Crippen LogP contribution is -2.40. The third kappa shape index (κ3) is 6.98. The van der Waals surface area contributed by atoms with Crippen LogP contribution in [0.5, 0.6) is 5.88 Å². The van der Waals surface area contributed by atoms with Gasteiger partial charge in [0.2, 0.25) is 17.7 Å². The largest absolute Gasteiger partial charge is 0.481 e. The third-order valence-corrected chi connectivity index (χ3v) is 10.6. The van der Waals surface area contributed by atoms with Gasteiger partial charge in [0, 0.05) is 79.5 Å². The van der Waals surface area contributed by atoms with Crippen LogP contribution < -0.4 is 26.0 Å². The second-order valence-corrected chi connectivity index (χ2v) is 13.9. The van der Waals surface area contributed by atoms with Gasteiger partial charge < -0.3 is 26.0 Å². The first-order valence-electron chi connectivity index (χ1n) is 16.9. The molecule has 2 amide bonds. The second kappa shape index (κ2) is 14.9. The summed E-state index contributed by atoms with van der Waals surface area (Å²) in [5.74, 6) is 0.678. The van der Waals surface area contributed by atoms with Crippen LogP contribution in [0.3, 0.4) is 0 Å². The van der Waals surface area contributed by atoms with Crippen molar-refractivity contribution in [2.24, 2.45) is 0 Å². The molecule has 12 heteroatoms. The summed E-state index contributed by atoms with van der Waals surface area (Å²) in [5.41, 5.74) is 4.72. The molecule has 5 heterocycles. The molecular weight excluding hydrogens is 673 g/mol. The van der Waals surface area contributed by atoms with Gasteiger partial charge in [-0.05, 0) is 53.8 Å². The van der Waals surface area contributed by atoms with Gasteiger partial charge in [-0.15, -0.1) is 11.6 Å². The smallest absolute Gasteiger partial charge is 0.220 e. The number of carbonyl (C=O) groups is 2. The number of allylic oxidation sites excluding steroid dienone is 4. The van der Waals surface area contributed by atoms with Crippen molar-refractivity contribution < 1.29 is 14.3 Å². The Kier molecular flexibility index (Phi) is 10.1. The van der Waals surface area contributed by atoms with Crippen LogP contribution >= 0.6 is 23.2 Å². The maximum absolute atomic E-state index is 11.6. The normalized spacial score (nSPS) is 23.2. The van der Waals surface area contributed by atoms with Crippen molar-refractivity contribution in [3.8, 4) is 5.88 Å². The number of nitrogens with zero attached hydrogens (tertiary/aromatic N) is 3. The van der Waals surface area contributed by atoms with Crippen molar-refractivity contribution in [1.82, 2.24) is 36.2 Å². The van der Waals surface area contributed by atoms with Crippen LogP contribution in [0.25, 0.3) is 16.5 Å². The van der Waals surface area contributed by atoms with Crippen molar-refractivity contribution in [1.29, 1.82) is 0 Å². The van der Waals surface area contributed by atoms with Gasteiger partial charge in [-0.2, -0.15) is 0 Å². The summed E-state index contributed by atoms with van der Waals surface area (Å²) in [4.78, 5) is 38.1. The summed E-state index contributed by atoms with van der Waals surface area (Å²) in [6.07, 6.45) is 12.5. The maximum Gasteiger partial charge on any atom is 0.220 e. The molecule has 0 bridgehead atoms. The molecule has 0 radical (unpaired) electrons. The van der Waals surface area contributed by atoms with Crippen molar-refractivity contribution >= 4 is 51.5 Å². The highest BCUT2D eigenvalue weighted by molar-refractivity contribution is 6.34. The zero-order chi connectivity index (χ0) is 34.7. The predicted octanol–water partition coefficient (Wildman–Crippen LogP) is 4.97. The van der Waals surface area contributed by atoms with E-state index in [-0.39, 0.29) is 23.9 Å². The topological polar surface area (TPSA) is 130 Å². The molecule has 3 aromatic heterocycles. The molecule has 4 N–H and O–H groups in total. The van der Waals surface area contributed by atoms with Gasteiger partial charge in [0.25, 0.3) is 0 Å². The van der Waals surface area contributed by atoms with E-state index in [2.05, 4.69) is 27.3 Å². The lowest BCUT2D eigenvalue weighted by Gasteiger charge is -2.38. The lowest BCUT2D eigenvalue weighted by molar-refractivity contribution is -0.120. The molecule has 2 fully saturated rings. The van der Waals surface area contributed by atoms with Crippen molar-refractivity contribution in [3.63, 3.8) is 0 Å². The number of nitrogens with one attached hydrogen (secondary N) is 4. The first-order chi connectivity index (χ1) is 24.3. The van der Waals surface area contributed by atoms with Crippen LogP contribution in [0.1, 0.15) is 53.8 Å². The van der Waals surface area contributed by atoms with Crippen molar-refractivity contribution in [2.75, 3.05) is 20.2 Å². The number of aromatic nitrogens is 3. The number of amides is 2. The number of ether oxygens (including phenoxy) is 1. The van der Waals surface area contributed by atoms with E-state index in [1.807, 2.05) is 73.1 Å². The number of fused-ring (bicyclic) bond motifs is 1. The highest BCUT2D eigenvalue weighted by Crippen LogP contribution is 2.48. The summed E-state index contributed by atoms with van der Waals surface area (Å²) in [6.45, 7) is 2.51. The number of pyridine rings is 3. The quantitative estimate of drug-likeness (QED) is 0.152. The number of hydrogen-bond donors (Lipinski definition) is 4. The van der Waals surface area contributed by atoms with Gasteiger partial charge in [-0.3, -0.25) is 19.6 Å². The number of hydrogen-bond acceptors (Lipinski definition) is 8. The Morgan fingerprint density at radius 1 is 0.920 bits per heavy atom. The average Bonchev–Trinajstić information content (AvgIpc) is 3.75. The van der Waals surface area contributed by atoms with E-state index in [0.717, 1.165) is 46.0 Å². The summed E-state index contributed by atoms with van der Waals surface area (Å²) in [5, 5.41) is 13.7. The SMILES string of the molecule is COc1nc(C2(c3cc4ncc(CNC[C@@H]5CCC(=O)N5)cc4cn3)C=CC=C(c3ccccc3Cl)C2Cl)ccc1CNC[C@@H]1CCC(=O)N1. The number of alkyl halides is 1. The number of benzene rings is 1. The van der Waals surface area contributed by atoms with E-state index in [0.29, 0.717) is 61.3 Å². The molecule has 1 aliphatic carbocycles. The predicted molar refractivity (Wildman–Crippen MR) is 195 cm³/mol. The van der Waals surface area contributed by atoms with Crippen molar-refractivity contribution in [3.05, 3.63) is 112 Å². The minimum atomic E-state index is -1.00. The van der Waals surface area contributed by atoms with Gasteiger partial charge in [0.15, 0.2) is 0 Å². The number of rotatable bonds is 12. The first-order valence-corrected chi connectivity index (χ1v) is 17.7. The summed E-state index contributed by atoms with van der Waals surface area (Å²) in [6, 6.07) is 16.0. The standard InChI is InChI=1S/C38H39Cl2N7O3/c1-50-37-24(19-42-22-27-10-13-35(49)46-27)8-11-32(47-37)38(14-4-6-29(36(38)40)28-5-2-3-7-30(28)39)33-16-31-25(20-44-33)15-23(18-43-31)17-41-21-26-9-12-34(48)45-26/h2-8,11,14-16,18,20,26-27,36,41-42H,9-10,12-13,17,19,21-22H2,1H3,(H,45,48)(H,46,49)/t26-,27-,36?,38?/m0/s1. The molecule has 50 heavy (non-hydrogen) atoms.